The first-order valence-corrected chi connectivity index (χ1v) is 10.2. The van der Waals surface area contributed by atoms with Gasteiger partial charge in [0.25, 0.3) is 15.9 Å². The van der Waals surface area contributed by atoms with Crippen LogP contribution in [-0.2, 0) is 14.8 Å². The third kappa shape index (κ3) is 3.43. The van der Waals surface area contributed by atoms with E-state index in [1.165, 1.54) is 30.0 Å². The molecule has 0 spiro atoms. The van der Waals surface area contributed by atoms with E-state index in [0.717, 1.165) is 11.3 Å². The Kier molecular flexibility index (Phi) is 4.88. The molecule has 0 radical (unpaired) electrons. The summed E-state index contributed by atoms with van der Waals surface area (Å²) in [6, 6.07) is 5.85. The standard InChI is InChI=1S/C14H12N4O4S3/c1-2-7-23-14-17-16-13(24-14)15-11(19)8-18-12(20)9-5-3-4-6-10(9)25(18,21)22/h2-6H,1,7-8H2,(H,15,16,19). The van der Waals surface area contributed by atoms with Crippen LogP contribution in [0.1, 0.15) is 10.4 Å². The molecule has 8 nitrogen and oxygen atoms in total. The molecule has 0 atom stereocenters. The SMILES string of the molecule is C=CCSc1nnc(NC(=O)CN2C(=O)c3ccccc3S2(=O)=O)s1. The number of nitrogens with one attached hydrogen (secondary N) is 1. The van der Waals surface area contributed by atoms with Crippen molar-refractivity contribution in [2.75, 3.05) is 17.6 Å². The van der Waals surface area contributed by atoms with Crippen LogP contribution >= 0.6 is 23.1 Å². The normalized spacial score (nSPS) is 15.0. The molecular weight excluding hydrogens is 384 g/mol. The molecule has 130 valence electrons. The fraction of sp³-hybridized carbons (Fsp3) is 0.143. The van der Waals surface area contributed by atoms with Crippen molar-refractivity contribution in [1.29, 1.82) is 0 Å². The van der Waals surface area contributed by atoms with Gasteiger partial charge in [0.1, 0.15) is 11.4 Å². The van der Waals surface area contributed by atoms with E-state index in [9.17, 15) is 18.0 Å². The van der Waals surface area contributed by atoms with E-state index in [0.29, 0.717) is 14.4 Å². The number of benzene rings is 1. The number of sulfonamides is 1. The van der Waals surface area contributed by atoms with Gasteiger partial charge in [0.05, 0.1) is 5.56 Å². The highest BCUT2D eigenvalue weighted by Crippen LogP contribution is 2.30. The molecule has 3 rings (SSSR count). The van der Waals surface area contributed by atoms with Crippen LogP contribution in [0.2, 0.25) is 0 Å². The van der Waals surface area contributed by atoms with E-state index < -0.39 is 28.4 Å². The molecule has 0 aliphatic carbocycles. The fourth-order valence-corrected chi connectivity index (χ4v) is 5.18. The lowest BCUT2D eigenvalue weighted by Gasteiger charge is -2.13. The molecule has 2 aromatic rings. The number of carbonyl (C=O) groups is 2. The lowest BCUT2D eigenvalue weighted by Crippen LogP contribution is -2.37. The minimum absolute atomic E-state index is 0.0642. The van der Waals surface area contributed by atoms with E-state index in [1.807, 2.05) is 0 Å². The number of thioether (sulfide) groups is 1. The predicted molar refractivity (Wildman–Crippen MR) is 94.1 cm³/mol. The van der Waals surface area contributed by atoms with E-state index in [1.54, 1.807) is 12.1 Å². The van der Waals surface area contributed by atoms with Gasteiger partial charge in [-0.3, -0.25) is 14.9 Å². The summed E-state index contributed by atoms with van der Waals surface area (Å²) in [5.41, 5.74) is 0.0642. The molecule has 0 saturated carbocycles. The zero-order valence-electron chi connectivity index (χ0n) is 12.7. The Balaban J connectivity index is 1.70. The highest BCUT2D eigenvalue weighted by Gasteiger charge is 2.41. The summed E-state index contributed by atoms with van der Waals surface area (Å²) in [4.78, 5) is 24.3. The molecular formula is C14H12N4O4S3. The van der Waals surface area contributed by atoms with Crippen LogP contribution in [0.15, 0.2) is 46.2 Å². The van der Waals surface area contributed by atoms with Gasteiger partial charge in [-0.15, -0.1) is 16.8 Å². The average Bonchev–Trinajstić information content (AvgIpc) is 3.10. The Bertz CT molecular complexity index is 954. The van der Waals surface area contributed by atoms with Crippen LogP contribution in [0.5, 0.6) is 0 Å². The summed E-state index contributed by atoms with van der Waals surface area (Å²) in [6.07, 6.45) is 1.71. The zero-order valence-corrected chi connectivity index (χ0v) is 15.2. The largest absolute Gasteiger partial charge is 0.299 e. The van der Waals surface area contributed by atoms with Crippen molar-refractivity contribution in [3.05, 3.63) is 42.5 Å². The summed E-state index contributed by atoms with van der Waals surface area (Å²) < 4.78 is 26.0. The zero-order chi connectivity index (χ0) is 18.0. The van der Waals surface area contributed by atoms with Crippen LogP contribution in [-0.4, -0.2) is 47.0 Å². The third-order valence-corrected chi connectivity index (χ3v) is 6.93. The Morgan fingerprint density at radius 3 is 2.84 bits per heavy atom. The second kappa shape index (κ2) is 6.94. The smallest absolute Gasteiger partial charge is 0.269 e. The van der Waals surface area contributed by atoms with Crippen LogP contribution in [0.3, 0.4) is 0 Å². The van der Waals surface area contributed by atoms with Gasteiger partial charge in [-0.05, 0) is 12.1 Å². The monoisotopic (exact) mass is 396 g/mol. The molecule has 2 heterocycles. The Labute approximate surface area is 152 Å². The molecule has 1 aromatic heterocycles. The Hall–Kier alpha value is -2.24. The molecule has 0 bridgehead atoms. The van der Waals surface area contributed by atoms with Crippen LogP contribution in [0.4, 0.5) is 5.13 Å². The summed E-state index contributed by atoms with van der Waals surface area (Å²) in [6.45, 7) is 2.98. The quantitative estimate of drug-likeness (QED) is 0.449. The highest BCUT2D eigenvalue weighted by atomic mass is 32.2. The maximum atomic E-state index is 12.4. The number of aromatic nitrogens is 2. The van der Waals surface area contributed by atoms with Crippen LogP contribution in [0, 0.1) is 0 Å². The van der Waals surface area contributed by atoms with Crippen molar-refractivity contribution >= 4 is 50.1 Å². The topological polar surface area (TPSA) is 109 Å². The molecule has 0 saturated heterocycles. The van der Waals surface area contributed by atoms with Crippen LogP contribution in [0.25, 0.3) is 0 Å². The molecule has 25 heavy (non-hydrogen) atoms. The van der Waals surface area contributed by atoms with Gasteiger partial charge in [-0.2, -0.15) is 0 Å². The number of rotatable bonds is 6. The Morgan fingerprint density at radius 2 is 2.12 bits per heavy atom. The molecule has 11 heteroatoms. The molecule has 2 amide bonds. The van der Waals surface area contributed by atoms with Gasteiger partial charge in [0.15, 0.2) is 4.34 Å². The lowest BCUT2D eigenvalue weighted by molar-refractivity contribution is -0.116. The number of anilines is 1. The predicted octanol–water partition coefficient (Wildman–Crippen LogP) is 1.60. The van der Waals surface area contributed by atoms with E-state index in [4.69, 9.17) is 0 Å². The van der Waals surface area contributed by atoms with Crippen molar-refractivity contribution in [1.82, 2.24) is 14.5 Å². The molecule has 1 N–H and O–H groups in total. The van der Waals surface area contributed by atoms with Crippen molar-refractivity contribution in [2.45, 2.75) is 9.24 Å². The molecule has 0 unspecified atom stereocenters. The summed E-state index contributed by atoms with van der Waals surface area (Å²) in [7, 11) is -4.01. The van der Waals surface area contributed by atoms with Gasteiger partial charge in [-0.1, -0.05) is 41.3 Å². The van der Waals surface area contributed by atoms with Gasteiger partial charge in [0, 0.05) is 5.75 Å². The van der Waals surface area contributed by atoms with Crippen molar-refractivity contribution in [3.63, 3.8) is 0 Å². The number of carbonyl (C=O) groups excluding carboxylic acids is 2. The maximum absolute atomic E-state index is 12.4. The van der Waals surface area contributed by atoms with Gasteiger partial charge >= 0.3 is 0 Å². The third-order valence-electron chi connectivity index (χ3n) is 3.18. The Morgan fingerprint density at radius 1 is 1.36 bits per heavy atom. The second-order valence-corrected chi connectivity index (χ2v) is 8.91. The number of hydrogen-bond donors (Lipinski definition) is 1. The van der Waals surface area contributed by atoms with Crippen molar-refractivity contribution in [2.24, 2.45) is 0 Å². The number of amides is 2. The molecule has 1 aromatic carbocycles. The molecule has 1 aliphatic rings. The minimum Gasteiger partial charge on any atom is -0.299 e. The fourth-order valence-electron chi connectivity index (χ4n) is 2.13. The second-order valence-electron chi connectivity index (χ2n) is 4.83. The van der Waals surface area contributed by atoms with Gasteiger partial charge < -0.3 is 0 Å². The van der Waals surface area contributed by atoms with Crippen LogP contribution < -0.4 is 5.32 Å². The highest BCUT2D eigenvalue weighted by molar-refractivity contribution is 8.01. The van der Waals surface area contributed by atoms with Crippen molar-refractivity contribution in [3.8, 4) is 0 Å². The van der Waals surface area contributed by atoms with Crippen molar-refractivity contribution < 1.29 is 18.0 Å². The lowest BCUT2D eigenvalue weighted by atomic mass is 10.2. The first-order valence-electron chi connectivity index (χ1n) is 6.96. The van der Waals surface area contributed by atoms with E-state index >= 15 is 0 Å². The van der Waals surface area contributed by atoms with E-state index in [-0.39, 0.29) is 15.6 Å². The first kappa shape index (κ1) is 17.6. The maximum Gasteiger partial charge on any atom is 0.269 e. The number of nitrogens with zero attached hydrogens (tertiary/aromatic N) is 3. The first-order chi connectivity index (χ1) is 11.9. The molecule has 0 fully saturated rings. The van der Waals surface area contributed by atoms with Gasteiger partial charge in [0.2, 0.25) is 11.0 Å². The van der Waals surface area contributed by atoms with Gasteiger partial charge in [-0.25, -0.2) is 12.7 Å². The average molecular weight is 396 g/mol. The summed E-state index contributed by atoms with van der Waals surface area (Å²) in [5.74, 6) is -0.729. The van der Waals surface area contributed by atoms with E-state index in [2.05, 4.69) is 22.1 Å². The summed E-state index contributed by atoms with van der Waals surface area (Å²) >= 11 is 2.56. The summed E-state index contributed by atoms with van der Waals surface area (Å²) in [5, 5.41) is 10.4. The minimum atomic E-state index is -4.01. The number of hydrogen-bond acceptors (Lipinski definition) is 8. The number of fused-ring (bicyclic) bond motifs is 1. The molecule has 1 aliphatic heterocycles.